The highest BCUT2D eigenvalue weighted by molar-refractivity contribution is 7.89. The molecule has 1 aliphatic heterocycles. The molecule has 0 unspecified atom stereocenters. The maximum absolute atomic E-state index is 15.1. The van der Waals surface area contributed by atoms with Crippen molar-refractivity contribution in [3.05, 3.63) is 58.9 Å². The van der Waals surface area contributed by atoms with Gasteiger partial charge in [0.1, 0.15) is 10.7 Å². The van der Waals surface area contributed by atoms with Crippen LogP contribution in [-0.2, 0) is 10.0 Å². The molecular weight excluding hydrogens is 453 g/mol. The number of carbonyl (C=O) groups excluding carboxylic acids is 1. The molecule has 0 bridgehead atoms. The van der Waals surface area contributed by atoms with Crippen LogP contribution >= 0.6 is 12.4 Å². The Balaban J connectivity index is 0.00000363. The third kappa shape index (κ3) is 5.86. The van der Waals surface area contributed by atoms with Crippen molar-refractivity contribution in [1.82, 2.24) is 9.62 Å². The number of likely N-dealkylation sites (tertiary alicyclic amines) is 1. The Labute approximate surface area is 196 Å². The van der Waals surface area contributed by atoms with Gasteiger partial charge in [-0.3, -0.25) is 4.79 Å². The Morgan fingerprint density at radius 3 is 2.38 bits per heavy atom. The first-order chi connectivity index (χ1) is 14.6. The van der Waals surface area contributed by atoms with Crippen molar-refractivity contribution >= 4 is 34.0 Å². The van der Waals surface area contributed by atoms with Crippen LogP contribution < -0.4 is 10.0 Å². The van der Waals surface area contributed by atoms with Crippen LogP contribution in [-0.4, -0.2) is 45.4 Å². The third-order valence-electron chi connectivity index (χ3n) is 6.09. The van der Waals surface area contributed by atoms with Gasteiger partial charge in [0.2, 0.25) is 10.0 Å². The van der Waals surface area contributed by atoms with Gasteiger partial charge in [0.05, 0.1) is 0 Å². The van der Waals surface area contributed by atoms with Gasteiger partial charge in [0, 0.05) is 22.9 Å². The maximum atomic E-state index is 15.1. The van der Waals surface area contributed by atoms with E-state index in [0.717, 1.165) is 31.5 Å². The molecule has 1 fully saturated rings. The summed E-state index contributed by atoms with van der Waals surface area (Å²) in [6, 6.07) is 9.43. The summed E-state index contributed by atoms with van der Waals surface area (Å²) in [4.78, 5) is 14.4. The lowest BCUT2D eigenvalue weighted by Gasteiger charge is -2.32. The van der Waals surface area contributed by atoms with E-state index in [1.807, 2.05) is 33.0 Å². The number of aryl methyl sites for hydroxylation is 1. The summed E-state index contributed by atoms with van der Waals surface area (Å²) in [6.45, 7) is 6.94. The summed E-state index contributed by atoms with van der Waals surface area (Å²) in [6.07, 6.45) is 1.79. The summed E-state index contributed by atoms with van der Waals surface area (Å²) in [5.41, 5.74) is 1.60. The predicted octanol–water partition coefficient (Wildman–Crippen LogP) is 4.13. The number of amides is 1. The van der Waals surface area contributed by atoms with E-state index in [2.05, 4.69) is 14.9 Å². The monoisotopic (exact) mass is 483 g/mol. The Kier molecular flexibility index (Phi) is 8.82. The van der Waals surface area contributed by atoms with Crippen molar-refractivity contribution in [2.24, 2.45) is 5.92 Å². The molecule has 2 N–H and O–H groups in total. The first kappa shape index (κ1) is 26.3. The van der Waals surface area contributed by atoms with E-state index in [1.54, 1.807) is 12.1 Å². The second-order valence-corrected chi connectivity index (χ2v) is 10.1. The molecule has 6 nitrogen and oxygen atoms in total. The fraction of sp³-hybridized carbons (Fsp3) is 0.435. The number of anilines is 1. The first-order valence-corrected chi connectivity index (χ1v) is 12.0. The molecule has 0 spiro atoms. The predicted molar refractivity (Wildman–Crippen MR) is 128 cm³/mol. The number of halogens is 2. The van der Waals surface area contributed by atoms with Crippen molar-refractivity contribution in [3.8, 4) is 0 Å². The number of carbonyl (C=O) groups is 1. The minimum absolute atomic E-state index is 0. The summed E-state index contributed by atoms with van der Waals surface area (Å²) < 4.78 is 43.4. The van der Waals surface area contributed by atoms with E-state index in [-0.39, 0.29) is 41.5 Å². The molecule has 0 radical (unpaired) electrons. The Hall–Kier alpha value is -2.00. The van der Waals surface area contributed by atoms with E-state index >= 15 is 4.39 Å². The van der Waals surface area contributed by atoms with Crippen molar-refractivity contribution in [1.29, 1.82) is 0 Å². The summed E-state index contributed by atoms with van der Waals surface area (Å²) >= 11 is 0. The van der Waals surface area contributed by atoms with Gasteiger partial charge >= 0.3 is 0 Å². The molecule has 1 atom stereocenters. The number of rotatable bonds is 6. The van der Waals surface area contributed by atoms with Crippen molar-refractivity contribution < 1.29 is 17.6 Å². The van der Waals surface area contributed by atoms with Crippen molar-refractivity contribution in [2.75, 3.05) is 25.5 Å². The van der Waals surface area contributed by atoms with Crippen LogP contribution in [0.2, 0.25) is 0 Å². The van der Waals surface area contributed by atoms with Crippen LogP contribution in [0.25, 0.3) is 0 Å². The normalized spacial score (nSPS) is 16.3. The smallest absolute Gasteiger partial charge is 0.255 e. The van der Waals surface area contributed by atoms with Crippen LogP contribution in [0, 0.1) is 25.6 Å². The number of hydrogen-bond donors (Lipinski definition) is 2. The molecule has 2 aromatic rings. The third-order valence-corrected chi connectivity index (χ3v) is 7.67. The van der Waals surface area contributed by atoms with Crippen LogP contribution in [0.15, 0.2) is 41.3 Å². The van der Waals surface area contributed by atoms with Crippen molar-refractivity contribution in [3.63, 3.8) is 0 Å². The topological polar surface area (TPSA) is 78.5 Å². The van der Waals surface area contributed by atoms with Gasteiger partial charge in [-0.25, -0.2) is 17.5 Å². The van der Waals surface area contributed by atoms with Gasteiger partial charge in [-0.05, 0) is 83.4 Å². The van der Waals surface area contributed by atoms with E-state index in [0.29, 0.717) is 5.56 Å². The Morgan fingerprint density at radius 1 is 1.12 bits per heavy atom. The Morgan fingerprint density at radius 2 is 1.75 bits per heavy atom. The van der Waals surface area contributed by atoms with E-state index < -0.39 is 20.7 Å². The lowest BCUT2D eigenvalue weighted by molar-refractivity contribution is 0.102. The summed E-state index contributed by atoms with van der Waals surface area (Å²) in [5, 5.41) is 2.68. The molecular formula is C23H31ClFN3O3S. The van der Waals surface area contributed by atoms with Gasteiger partial charge in [-0.1, -0.05) is 18.2 Å². The maximum Gasteiger partial charge on any atom is 0.255 e. The second kappa shape index (κ2) is 10.7. The molecule has 32 heavy (non-hydrogen) atoms. The summed E-state index contributed by atoms with van der Waals surface area (Å²) in [7, 11) is -1.99. The van der Waals surface area contributed by atoms with Crippen LogP contribution in [0.5, 0.6) is 0 Å². The second-order valence-electron chi connectivity index (χ2n) is 8.37. The van der Waals surface area contributed by atoms with E-state index in [4.69, 9.17) is 0 Å². The fourth-order valence-corrected chi connectivity index (χ4v) is 5.40. The SMILES string of the molecule is Cc1ccccc1C(=O)Nc1ccc(S(=O)(=O)N[C@H](C)C2CCN(C)CC2)c(F)c1C.Cl. The van der Waals surface area contributed by atoms with Gasteiger partial charge in [0.15, 0.2) is 0 Å². The lowest BCUT2D eigenvalue weighted by Crippen LogP contribution is -2.43. The average molecular weight is 484 g/mol. The zero-order valence-electron chi connectivity index (χ0n) is 18.8. The average Bonchev–Trinajstić information content (AvgIpc) is 2.71. The number of piperidine rings is 1. The molecule has 1 saturated heterocycles. The van der Waals surface area contributed by atoms with Crippen LogP contribution in [0.4, 0.5) is 10.1 Å². The molecule has 0 aromatic heterocycles. The molecule has 176 valence electrons. The zero-order valence-corrected chi connectivity index (χ0v) is 20.4. The van der Waals surface area contributed by atoms with Gasteiger partial charge in [-0.15, -0.1) is 12.4 Å². The fourth-order valence-electron chi connectivity index (χ4n) is 3.95. The lowest BCUT2D eigenvalue weighted by atomic mass is 9.91. The number of hydrogen-bond acceptors (Lipinski definition) is 4. The number of sulfonamides is 1. The number of nitrogens with one attached hydrogen (secondary N) is 2. The van der Waals surface area contributed by atoms with Gasteiger partial charge < -0.3 is 10.2 Å². The van der Waals surface area contributed by atoms with Crippen molar-refractivity contribution in [2.45, 2.75) is 44.6 Å². The van der Waals surface area contributed by atoms with Crippen LogP contribution in [0.3, 0.4) is 0 Å². The van der Waals surface area contributed by atoms with E-state index in [9.17, 15) is 13.2 Å². The largest absolute Gasteiger partial charge is 0.322 e. The molecule has 2 aromatic carbocycles. The molecule has 1 heterocycles. The molecule has 1 aliphatic rings. The molecule has 0 aliphatic carbocycles. The van der Waals surface area contributed by atoms with Crippen LogP contribution in [0.1, 0.15) is 41.3 Å². The highest BCUT2D eigenvalue weighted by atomic mass is 35.5. The number of benzene rings is 2. The highest BCUT2D eigenvalue weighted by Crippen LogP contribution is 2.27. The standard InChI is InChI=1S/C23H30FN3O3S.ClH/c1-15-7-5-6-8-19(15)23(28)25-20-9-10-21(22(24)16(20)2)31(29,30)26-17(3)18-11-13-27(4)14-12-18;/h5-10,17-18,26H,11-14H2,1-4H3,(H,25,28);1H/t17-;/m1./s1. The molecule has 0 saturated carbocycles. The minimum Gasteiger partial charge on any atom is -0.322 e. The van der Waals surface area contributed by atoms with Gasteiger partial charge in [-0.2, -0.15) is 0 Å². The van der Waals surface area contributed by atoms with E-state index in [1.165, 1.54) is 19.1 Å². The molecule has 3 rings (SSSR count). The minimum atomic E-state index is -4.03. The zero-order chi connectivity index (χ0) is 22.8. The number of nitrogens with zero attached hydrogens (tertiary/aromatic N) is 1. The molecule has 1 amide bonds. The first-order valence-electron chi connectivity index (χ1n) is 10.5. The highest BCUT2D eigenvalue weighted by Gasteiger charge is 2.29. The Bertz CT molecular complexity index is 1070. The van der Waals surface area contributed by atoms with Gasteiger partial charge in [0.25, 0.3) is 5.91 Å². The molecule has 9 heteroatoms. The summed E-state index contributed by atoms with van der Waals surface area (Å²) in [5.74, 6) is -1.02. The quantitative estimate of drug-likeness (QED) is 0.647.